The molecule has 2 aliphatic rings. The molecule has 0 radical (unpaired) electrons. The van der Waals surface area contributed by atoms with Gasteiger partial charge in [0, 0.05) is 74.4 Å². The van der Waals surface area contributed by atoms with Gasteiger partial charge in [0.2, 0.25) is 5.88 Å². The molecule has 2 aliphatic heterocycles. The van der Waals surface area contributed by atoms with Gasteiger partial charge in [0.1, 0.15) is 12.3 Å². The Morgan fingerprint density at radius 3 is 2.34 bits per heavy atom. The number of rotatable bonds is 9. The molecular weight excluding hydrogens is 653 g/mol. The summed E-state index contributed by atoms with van der Waals surface area (Å²) >= 11 is 0. The number of amides is 2. The third-order valence-corrected chi connectivity index (χ3v) is 8.74. The van der Waals surface area contributed by atoms with Crippen molar-refractivity contribution in [3.8, 4) is 17.0 Å². The molecule has 0 spiro atoms. The molecular formula is C36H37F3N6O5. The lowest BCUT2D eigenvalue weighted by molar-refractivity contribution is -0.137. The van der Waals surface area contributed by atoms with Crippen LogP contribution in [0.2, 0.25) is 0 Å². The van der Waals surface area contributed by atoms with E-state index in [0.717, 1.165) is 41.1 Å². The molecule has 14 heteroatoms. The number of pyridine rings is 2. The number of anilines is 2. The first-order valence-corrected chi connectivity index (χ1v) is 16.2. The maximum Gasteiger partial charge on any atom is 0.416 e. The number of aryl methyl sites for hydroxylation is 1. The van der Waals surface area contributed by atoms with Gasteiger partial charge in [0.05, 0.1) is 30.7 Å². The Labute approximate surface area is 287 Å². The van der Waals surface area contributed by atoms with Gasteiger partial charge in [-0.2, -0.15) is 13.2 Å². The summed E-state index contributed by atoms with van der Waals surface area (Å²) in [6.07, 6.45) is -2.31. The lowest BCUT2D eigenvalue weighted by Gasteiger charge is -2.33. The van der Waals surface area contributed by atoms with Crippen LogP contribution in [0.3, 0.4) is 0 Å². The number of carboxylic acid groups (broad SMARTS) is 1. The summed E-state index contributed by atoms with van der Waals surface area (Å²) in [5, 5.41) is 11.8. The van der Waals surface area contributed by atoms with Gasteiger partial charge in [-0.3, -0.25) is 14.7 Å². The molecule has 50 heavy (non-hydrogen) atoms. The molecule has 4 heterocycles. The highest BCUT2D eigenvalue weighted by molar-refractivity contribution is 6.04. The number of nitrogens with zero attached hydrogens (tertiary/aromatic N) is 5. The summed E-state index contributed by atoms with van der Waals surface area (Å²) in [7, 11) is 0. The van der Waals surface area contributed by atoms with E-state index in [9.17, 15) is 27.9 Å². The minimum atomic E-state index is -4.57. The summed E-state index contributed by atoms with van der Waals surface area (Å²) in [5.41, 5.74) is 4.28. The van der Waals surface area contributed by atoms with E-state index in [1.165, 1.54) is 23.2 Å². The molecule has 6 rings (SSSR count). The van der Waals surface area contributed by atoms with Gasteiger partial charge in [-0.15, -0.1) is 0 Å². The van der Waals surface area contributed by atoms with Gasteiger partial charge in [-0.25, -0.2) is 9.78 Å². The number of alkyl halides is 3. The highest BCUT2D eigenvalue weighted by Gasteiger charge is 2.31. The summed E-state index contributed by atoms with van der Waals surface area (Å²) in [4.78, 5) is 39.0. The second-order valence-electron chi connectivity index (χ2n) is 12.2. The Kier molecular flexibility index (Phi) is 10.5. The fourth-order valence-electron chi connectivity index (χ4n) is 5.91. The van der Waals surface area contributed by atoms with Crippen molar-refractivity contribution < 1.29 is 37.3 Å². The zero-order valence-corrected chi connectivity index (χ0v) is 27.4. The number of halogens is 3. The first-order valence-electron chi connectivity index (χ1n) is 16.2. The van der Waals surface area contributed by atoms with Crippen LogP contribution >= 0.6 is 0 Å². The lowest BCUT2D eigenvalue weighted by atomic mass is 10.0. The van der Waals surface area contributed by atoms with Crippen molar-refractivity contribution in [3.05, 3.63) is 101 Å². The molecule has 262 valence electrons. The Bertz CT molecular complexity index is 1820. The summed E-state index contributed by atoms with van der Waals surface area (Å²) < 4.78 is 51.5. The fourth-order valence-corrected chi connectivity index (χ4v) is 5.91. The Morgan fingerprint density at radius 1 is 0.920 bits per heavy atom. The average Bonchev–Trinajstić information content (AvgIpc) is 3.12. The van der Waals surface area contributed by atoms with Crippen LogP contribution in [0.5, 0.6) is 5.88 Å². The zero-order chi connectivity index (χ0) is 35.3. The largest absolute Gasteiger partial charge is 0.471 e. The predicted molar refractivity (Wildman–Crippen MR) is 180 cm³/mol. The van der Waals surface area contributed by atoms with Gasteiger partial charge >= 0.3 is 12.3 Å². The van der Waals surface area contributed by atoms with Crippen LogP contribution in [0.1, 0.15) is 32.7 Å². The first kappa shape index (κ1) is 34.6. The number of nitrogens with one attached hydrogen (secondary N) is 1. The van der Waals surface area contributed by atoms with E-state index >= 15 is 0 Å². The van der Waals surface area contributed by atoms with Crippen LogP contribution in [-0.2, 0) is 24.1 Å². The number of hydrogen-bond acceptors (Lipinski definition) is 8. The SMILES string of the molecule is Cc1ncc(NC(=O)c2cccc(C(F)(F)F)c2)cc1-c1cnc(OCc2ccc(CN3CCN(C(=O)O)CC3)cc2)c(N2CCOCC2)c1. The van der Waals surface area contributed by atoms with Gasteiger partial charge in [-0.1, -0.05) is 30.3 Å². The van der Waals surface area contributed by atoms with E-state index < -0.39 is 23.7 Å². The van der Waals surface area contributed by atoms with Gasteiger partial charge in [-0.05, 0) is 48.4 Å². The molecule has 0 bridgehead atoms. The molecule has 2 fully saturated rings. The topological polar surface area (TPSA) is 120 Å². The van der Waals surface area contributed by atoms with Crippen LogP contribution in [0, 0.1) is 6.92 Å². The van der Waals surface area contributed by atoms with Crippen LogP contribution in [0.15, 0.2) is 73.1 Å². The second kappa shape index (κ2) is 15.1. The van der Waals surface area contributed by atoms with Gasteiger partial charge in [0.15, 0.2) is 0 Å². The van der Waals surface area contributed by atoms with Gasteiger partial charge in [0.25, 0.3) is 5.91 Å². The summed E-state index contributed by atoms with van der Waals surface area (Å²) in [6, 6.07) is 16.1. The minimum Gasteiger partial charge on any atom is -0.471 e. The highest BCUT2D eigenvalue weighted by Crippen LogP contribution is 2.35. The lowest BCUT2D eigenvalue weighted by Crippen LogP contribution is -2.47. The Balaban J connectivity index is 1.16. The van der Waals surface area contributed by atoms with Crippen LogP contribution in [-0.4, -0.2) is 89.4 Å². The van der Waals surface area contributed by atoms with Crippen molar-refractivity contribution in [3.63, 3.8) is 0 Å². The van der Waals surface area contributed by atoms with Crippen LogP contribution in [0.4, 0.5) is 29.3 Å². The van der Waals surface area contributed by atoms with E-state index in [1.54, 1.807) is 12.3 Å². The van der Waals surface area contributed by atoms with Crippen molar-refractivity contribution in [1.29, 1.82) is 0 Å². The van der Waals surface area contributed by atoms with Crippen LogP contribution in [0.25, 0.3) is 11.1 Å². The molecule has 0 atom stereocenters. The van der Waals surface area contributed by atoms with Crippen molar-refractivity contribution in [2.75, 3.05) is 62.7 Å². The fraction of sp³-hybridized carbons (Fsp3) is 0.333. The molecule has 2 aromatic carbocycles. The number of piperazine rings is 1. The average molecular weight is 691 g/mol. The predicted octanol–water partition coefficient (Wildman–Crippen LogP) is 5.93. The van der Waals surface area contributed by atoms with Crippen LogP contribution < -0.4 is 15.0 Å². The van der Waals surface area contributed by atoms with Crippen molar-refractivity contribution >= 4 is 23.4 Å². The minimum absolute atomic E-state index is 0.120. The standard InChI is InChI=1S/C36H37F3N6O5/c1-24-31(19-30(21-40-24)42-33(46)27-3-2-4-29(17-27)36(37,38)39)28-18-32(44-13-15-49-16-14-44)34(41-20-28)50-23-26-7-5-25(6-8-26)22-43-9-11-45(12-10-43)35(47)48/h2-8,17-21H,9-16,22-23H2,1H3,(H,42,46)(H,47,48). The molecule has 2 aromatic heterocycles. The second-order valence-corrected chi connectivity index (χ2v) is 12.2. The monoisotopic (exact) mass is 690 g/mol. The van der Waals surface area contributed by atoms with E-state index in [-0.39, 0.29) is 5.56 Å². The molecule has 0 saturated carbocycles. The zero-order valence-electron chi connectivity index (χ0n) is 27.4. The van der Waals surface area contributed by atoms with E-state index in [4.69, 9.17) is 14.5 Å². The Hall–Kier alpha value is -5.21. The summed E-state index contributed by atoms with van der Waals surface area (Å²) in [6.45, 7) is 7.62. The van der Waals surface area contributed by atoms with Crippen molar-refractivity contribution in [1.82, 2.24) is 19.8 Å². The third kappa shape index (κ3) is 8.50. The van der Waals surface area contributed by atoms with E-state index in [1.807, 2.05) is 25.1 Å². The molecule has 11 nitrogen and oxygen atoms in total. The maximum absolute atomic E-state index is 13.2. The number of carbonyl (C=O) groups excluding carboxylic acids is 1. The summed E-state index contributed by atoms with van der Waals surface area (Å²) in [5.74, 6) is -0.231. The number of aromatic nitrogens is 2. The number of ether oxygens (including phenoxy) is 2. The smallest absolute Gasteiger partial charge is 0.416 e. The molecule has 0 aliphatic carbocycles. The normalized spacial score (nSPS) is 15.5. The maximum atomic E-state index is 13.2. The first-order chi connectivity index (χ1) is 24.0. The molecule has 2 N–H and O–H groups in total. The van der Waals surface area contributed by atoms with E-state index in [2.05, 4.69) is 32.2 Å². The Morgan fingerprint density at radius 2 is 1.64 bits per heavy atom. The van der Waals surface area contributed by atoms with E-state index in [0.29, 0.717) is 81.9 Å². The highest BCUT2D eigenvalue weighted by atomic mass is 19.4. The van der Waals surface area contributed by atoms with Crippen molar-refractivity contribution in [2.45, 2.75) is 26.3 Å². The third-order valence-electron chi connectivity index (χ3n) is 8.74. The quantitative estimate of drug-likeness (QED) is 0.220. The number of benzene rings is 2. The number of carbonyl (C=O) groups is 2. The molecule has 2 amide bonds. The molecule has 2 saturated heterocycles. The number of morpholine rings is 1. The number of hydrogen-bond donors (Lipinski definition) is 2. The molecule has 4 aromatic rings. The van der Waals surface area contributed by atoms with Gasteiger partial charge < -0.3 is 29.7 Å². The molecule has 0 unspecified atom stereocenters. The van der Waals surface area contributed by atoms with Crippen molar-refractivity contribution in [2.24, 2.45) is 0 Å².